The number of nitrogens with zero attached hydrogens (tertiary/aromatic N) is 6. The number of alkyl halides is 3. The number of anilines is 1. The van der Waals surface area contributed by atoms with E-state index in [4.69, 9.17) is 21.1 Å². The largest absolute Gasteiger partial charge is 0.491 e. The number of hydrogen-bond acceptors (Lipinski definition) is 10. The van der Waals surface area contributed by atoms with Crippen molar-refractivity contribution in [2.45, 2.75) is 25.7 Å². The number of aromatic carboxylic acids is 1. The van der Waals surface area contributed by atoms with Crippen LogP contribution < -0.4 is 15.2 Å². The van der Waals surface area contributed by atoms with Gasteiger partial charge in [-0.2, -0.15) is 18.4 Å². The van der Waals surface area contributed by atoms with Crippen LogP contribution in [0.5, 0.6) is 5.75 Å². The first-order valence-electron chi connectivity index (χ1n) is 15.6. The molecule has 11 nitrogen and oxygen atoms in total. The van der Waals surface area contributed by atoms with E-state index in [9.17, 15) is 33.1 Å². The SMILES string of the molecule is Cc1nc2cc(C(F)(F)F)c(N3CCN(C4COC4)CC3)c(C#N)c2c(=O)n1CCOc1ccc(Cl)cc1-c1ccnc2c(C(=O)O)csc12. The van der Waals surface area contributed by atoms with Gasteiger partial charge in [-0.3, -0.25) is 19.2 Å². The molecule has 2 aromatic carbocycles. The number of benzene rings is 2. The topological polar surface area (TPSA) is 134 Å². The van der Waals surface area contributed by atoms with Crippen LogP contribution in [0.2, 0.25) is 5.02 Å². The lowest BCUT2D eigenvalue weighted by Gasteiger charge is -2.43. The summed E-state index contributed by atoms with van der Waals surface area (Å²) in [6.45, 7) is 4.06. The van der Waals surface area contributed by atoms with Gasteiger partial charge < -0.3 is 19.5 Å². The van der Waals surface area contributed by atoms with Gasteiger partial charge in [0.25, 0.3) is 5.56 Å². The van der Waals surface area contributed by atoms with E-state index >= 15 is 0 Å². The van der Waals surface area contributed by atoms with E-state index in [1.54, 1.807) is 24.3 Å². The maximum absolute atomic E-state index is 14.5. The minimum atomic E-state index is -4.79. The number of pyridine rings is 1. The molecule has 0 unspecified atom stereocenters. The minimum absolute atomic E-state index is 0.0348. The number of hydrogen-bond donors (Lipinski definition) is 1. The average Bonchev–Trinajstić information content (AvgIpc) is 3.50. The van der Waals surface area contributed by atoms with Gasteiger partial charge in [-0.1, -0.05) is 11.6 Å². The molecule has 50 heavy (non-hydrogen) atoms. The Morgan fingerprint density at radius 2 is 1.94 bits per heavy atom. The third-order valence-electron chi connectivity index (χ3n) is 9.08. The third kappa shape index (κ3) is 6.02. The zero-order valence-electron chi connectivity index (χ0n) is 26.5. The van der Waals surface area contributed by atoms with Crippen LogP contribution in [0.3, 0.4) is 0 Å². The van der Waals surface area contributed by atoms with Gasteiger partial charge in [0.2, 0.25) is 0 Å². The minimum Gasteiger partial charge on any atom is -0.491 e. The van der Waals surface area contributed by atoms with Crippen LogP contribution in [0.1, 0.15) is 27.3 Å². The van der Waals surface area contributed by atoms with Crippen LogP contribution in [-0.4, -0.2) is 82.6 Å². The number of aryl methyl sites for hydroxylation is 1. The van der Waals surface area contributed by atoms with Crippen molar-refractivity contribution in [3.05, 3.63) is 79.8 Å². The van der Waals surface area contributed by atoms with Crippen molar-refractivity contribution in [3.63, 3.8) is 0 Å². The number of halogens is 4. The number of thiophene rings is 1. The zero-order valence-corrected chi connectivity index (χ0v) is 28.0. The first kappa shape index (κ1) is 33.7. The van der Waals surface area contributed by atoms with Crippen LogP contribution in [0.4, 0.5) is 18.9 Å². The molecular weight excluding hydrogens is 697 g/mol. The van der Waals surface area contributed by atoms with Crippen molar-refractivity contribution in [2.75, 3.05) is 50.9 Å². The van der Waals surface area contributed by atoms with Crippen LogP contribution in [0.15, 0.2) is 46.7 Å². The lowest BCUT2D eigenvalue weighted by molar-refractivity contribution is -0.137. The van der Waals surface area contributed by atoms with Crippen molar-refractivity contribution in [1.82, 2.24) is 19.4 Å². The quantitative estimate of drug-likeness (QED) is 0.209. The van der Waals surface area contributed by atoms with Crippen molar-refractivity contribution in [1.29, 1.82) is 5.26 Å². The molecule has 0 saturated carbocycles. The molecule has 16 heteroatoms. The average molecular weight is 725 g/mol. The molecule has 7 rings (SSSR count). The number of fused-ring (bicyclic) bond motifs is 2. The zero-order chi connectivity index (χ0) is 35.3. The van der Waals surface area contributed by atoms with E-state index in [1.165, 1.54) is 39.3 Å². The third-order valence-corrected chi connectivity index (χ3v) is 10.3. The highest BCUT2D eigenvalue weighted by Crippen LogP contribution is 2.42. The number of carboxylic acid groups (broad SMARTS) is 1. The van der Waals surface area contributed by atoms with Crippen molar-refractivity contribution < 1.29 is 32.5 Å². The second kappa shape index (κ2) is 13.2. The first-order chi connectivity index (χ1) is 24.0. The van der Waals surface area contributed by atoms with Crippen LogP contribution in [-0.2, 0) is 17.5 Å². The fraction of sp³-hybridized carbons (Fsp3) is 0.324. The van der Waals surface area contributed by atoms with Gasteiger partial charge in [-0.15, -0.1) is 11.3 Å². The van der Waals surface area contributed by atoms with Gasteiger partial charge in [-0.05, 0) is 37.3 Å². The molecular formula is C34H28ClF3N6O5S. The fourth-order valence-electron chi connectivity index (χ4n) is 6.52. The number of carboxylic acids is 1. The van der Waals surface area contributed by atoms with Gasteiger partial charge in [-0.25, -0.2) is 9.78 Å². The molecule has 2 fully saturated rings. The molecule has 258 valence electrons. The molecule has 0 amide bonds. The summed E-state index contributed by atoms with van der Waals surface area (Å²) in [7, 11) is 0. The molecule has 1 N–H and O–H groups in total. The molecule has 2 aliphatic rings. The predicted molar refractivity (Wildman–Crippen MR) is 181 cm³/mol. The summed E-state index contributed by atoms with van der Waals surface area (Å²) >= 11 is 7.57. The molecule has 5 aromatic rings. The maximum atomic E-state index is 14.5. The Bertz CT molecular complexity index is 2260. The van der Waals surface area contributed by atoms with Crippen molar-refractivity contribution in [3.8, 4) is 22.9 Å². The monoisotopic (exact) mass is 724 g/mol. The molecule has 0 radical (unpaired) electrons. The van der Waals surface area contributed by atoms with Crippen LogP contribution in [0, 0.1) is 18.3 Å². The Morgan fingerprint density at radius 3 is 2.60 bits per heavy atom. The maximum Gasteiger partial charge on any atom is 0.418 e. The summed E-state index contributed by atoms with van der Waals surface area (Å²) in [5.41, 5.74) is -0.909. The summed E-state index contributed by atoms with van der Waals surface area (Å²) in [5, 5.41) is 21.6. The Labute approximate surface area is 291 Å². The van der Waals surface area contributed by atoms with Crippen molar-refractivity contribution in [2.24, 2.45) is 0 Å². The van der Waals surface area contributed by atoms with Crippen LogP contribution in [0.25, 0.3) is 32.2 Å². The number of carbonyl (C=O) groups is 1. The van der Waals surface area contributed by atoms with E-state index in [-0.39, 0.29) is 65.8 Å². The van der Waals surface area contributed by atoms with Crippen molar-refractivity contribution >= 4 is 55.7 Å². The number of nitriles is 1. The summed E-state index contributed by atoms with van der Waals surface area (Å²) in [6.07, 6.45) is -3.29. The predicted octanol–water partition coefficient (Wildman–Crippen LogP) is 5.82. The summed E-state index contributed by atoms with van der Waals surface area (Å²) < 4.78 is 56.8. The van der Waals surface area contributed by atoms with E-state index < -0.39 is 23.3 Å². The highest BCUT2D eigenvalue weighted by molar-refractivity contribution is 7.18. The van der Waals surface area contributed by atoms with Gasteiger partial charge in [0, 0.05) is 53.9 Å². The smallest absolute Gasteiger partial charge is 0.418 e. The van der Waals surface area contributed by atoms with Crippen LogP contribution >= 0.6 is 22.9 Å². The number of rotatable bonds is 8. The van der Waals surface area contributed by atoms with Gasteiger partial charge in [0.05, 0.1) is 69.3 Å². The molecule has 0 aliphatic carbocycles. The lowest BCUT2D eigenvalue weighted by Crippen LogP contribution is -2.57. The lowest BCUT2D eigenvalue weighted by atomic mass is 9.99. The first-order valence-corrected chi connectivity index (χ1v) is 16.9. The normalized spacial score (nSPS) is 15.7. The molecule has 0 bridgehead atoms. The van der Waals surface area contributed by atoms with Gasteiger partial charge in [0.1, 0.15) is 24.3 Å². The van der Waals surface area contributed by atoms with E-state index in [2.05, 4.69) is 14.9 Å². The molecule has 3 aromatic heterocycles. The molecule has 2 aliphatic heterocycles. The van der Waals surface area contributed by atoms with E-state index in [1.807, 2.05) is 6.07 Å². The Balaban J connectivity index is 1.22. The number of aromatic nitrogens is 3. The Morgan fingerprint density at radius 1 is 1.18 bits per heavy atom. The summed E-state index contributed by atoms with van der Waals surface area (Å²) in [4.78, 5) is 38.0. The fourth-order valence-corrected chi connectivity index (χ4v) is 7.72. The Kier molecular flexibility index (Phi) is 8.89. The molecule has 5 heterocycles. The summed E-state index contributed by atoms with van der Waals surface area (Å²) in [6, 6.07) is 9.69. The highest BCUT2D eigenvalue weighted by Gasteiger charge is 2.39. The second-order valence-corrected chi connectivity index (χ2v) is 13.3. The van der Waals surface area contributed by atoms with Gasteiger partial charge >= 0.3 is 12.1 Å². The number of ether oxygens (including phenoxy) is 2. The molecule has 2 saturated heterocycles. The summed E-state index contributed by atoms with van der Waals surface area (Å²) in [5.74, 6) is -0.551. The molecule has 0 atom stereocenters. The second-order valence-electron chi connectivity index (χ2n) is 12.0. The number of piperazine rings is 1. The Hall–Kier alpha value is -4.75. The highest BCUT2D eigenvalue weighted by atomic mass is 35.5. The standard InChI is InChI=1S/C34H28ClF3N6O5S/c1-18-41-26-13-25(34(36,37)38)30(43-8-6-42(7-9-43)20-15-48-16-20)23(14-39)28(26)32(45)44(18)10-11-49-27-3-2-19(35)12-22(27)21-4-5-40-29-24(33(46)47)17-50-31(21)29/h2-5,12-13,17,20H,6-11,15-16H2,1H3,(H,46,47). The van der Waals surface area contributed by atoms with E-state index in [0.717, 1.165) is 6.07 Å². The molecule has 0 spiro atoms. The van der Waals surface area contributed by atoms with E-state index in [0.29, 0.717) is 58.4 Å². The van der Waals surface area contributed by atoms with Gasteiger partial charge in [0.15, 0.2) is 0 Å².